The Kier molecular flexibility index (Phi) is 4.02. The van der Waals surface area contributed by atoms with Crippen molar-refractivity contribution < 1.29 is 9.18 Å². The van der Waals surface area contributed by atoms with Crippen LogP contribution in [0.1, 0.15) is 18.5 Å². The summed E-state index contributed by atoms with van der Waals surface area (Å²) in [6.07, 6.45) is 4.39. The maximum atomic E-state index is 12.7. The molecule has 0 spiro atoms. The SMILES string of the molecule is CC(NC(=O)Nc1ccc(F)cn1)c1cccnc1. The number of nitrogens with one attached hydrogen (secondary N) is 2. The summed E-state index contributed by atoms with van der Waals surface area (Å²) in [5.41, 5.74) is 0.893. The number of nitrogens with zero attached hydrogens (tertiary/aromatic N) is 2. The van der Waals surface area contributed by atoms with Gasteiger partial charge in [0.25, 0.3) is 0 Å². The molecule has 2 amide bonds. The second kappa shape index (κ2) is 5.90. The van der Waals surface area contributed by atoms with E-state index in [-0.39, 0.29) is 11.9 Å². The lowest BCUT2D eigenvalue weighted by Crippen LogP contribution is -2.31. The van der Waals surface area contributed by atoms with Crippen molar-refractivity contribution in [3.05, 3.63) is 54.2 Å². The highest BCUT2D eigenvalue weighted by Gasteiger charge is 2.09. The second-order valence-corrected chi connectivity index (χ2v) is 3.97. The summed E-state index contributed by atoms with van der Waals surface area (Å²) in [5, 5.41) is 5.26. The molecule has 19 heavy (non-hydrogen) atoms. The van der Waals surface area contributed by atoms with Crippen LogP contribution >= 0.6 is 0 Å². The predicted molar refractivity (Wildman–Crippen MR) is 69.0 cm³/mol. The van der Waals surface area contributed by atoms with Crippen molar-refractivity contribution in [3.63, 3.8) is 0 Å². The van der Waals surface area contributed by atoms with E-state index in [1.807, 2.05) is 13.0 Å². The zero-order chi connectivity index (χ0) is 13.7. The second-order valence-electron chi connectivity index (χ2n) is 3.97. The largest absolute Gasteiger partial charge is 0.331 e. The van der Waals surface area contributed by atoms with Gasteiger partial charge in [0, 0.05) is 12.4 Å². The van der Waals surface area contributed by atoms with E-state index >= 15 is 0 Å². The summed E-state index contributed by atoms with van der Waals surface area (Å²) in [5.74, 6) is -0.160. The first-order chi connectivity index (χ1) is 9.15. The van der Waals surface area contributed by atoms with E-state index in [1.165, 1.54) is 12.1 Å². The van der Waals surface area contributed by atoms with Crippen molar-refractivity contribution in [1.82, 2.24) is 15.3 Å². The summed E-state index contributed by atoms with van der Waals surface area (Å²) in [6.45, 7) is 1.84. The van der Waals surface area contributed by atoms with Gasteiger partial charge < -0.3 is 5.32 Å². The predicted octanol–water partition coefficient (Wildman–Crippen LogP) is 2.50. The Morgan fingerprint density at radius 3 is 2.79 bits per heavy atom. The quantitative estimate of drug-likeness (QED) is 0.891. The molecule has 2 rings (SSSR count). The molecule has 0 saturated heterocycles. The molecule has 0 aromatic carbocycles. The molecule has 2 aromatic rings. The third-order valence-corrected chi connectivity index (χ3v) is 2.50. The number of carbonyl (C=O) groups excluding carboxylic acids is 1. The van der Waals surface area contributed by atoms with Crippen LogP contribution in [0.25, 0.3) is 0 Å². The highest BCUT2D eigenvalue weighted by atomic mass is 19.1. The van der Waals surface area contributed by atoms with Crippen LogP contribution in [0.15, 0.2) is 42.9 Å². The lowest BCUT2D eigenvalue weighted by Gasteiger charge is -2.14. The van der Waals surface area contributed by atoms with Crippen LogP contribution in [0.3, 0.4) is 0 Å². The topological polar surface area (TPSA) is 66.9 Å². The Balaban J connectivity index is 1.93. The van der Waals surface area contributed by atoms with Crippen molar-refractivity contribution in [2.45, 2.75) is 13.0 Å². The Bertz CT molecular complexity index is 544. The van der Waals surface area contributed by atoms with Crippen molar-refractivity contribution in [2.24, 2.45) is 0 Å². The number of aromatic nitrogens is 2. The Morgan fingerprint density at radius 1 is 1.32 bits per heavy atom. The molecule has 2 N–H and O–H groups in total. The molecule has 1 atom stereocenters. The fourth-order valence-corrected chi connectivity index (χ4v) is 1.51. The van der Waals surface area contributed by atoms with Gasteiger partial charge in [-0.2, -0.15) is 0 Å². The van der Waals surface area contributed by atoms with Crippen molar-refractivity contribution >= 4 is 11.8 Å². The van der Waals surface area contributed by atoms with Gasteiger partial charge in [0.05, 0.1) is 12.2 Å². The minimum atomic E-state index is -0.449. The van der Waals surface area contributed by atoms with E-state index in [2.05, 4.69) is 20.6 Å². The van der Waals surface area contributed by atoms with Crippen LogP contribution in [0.2, 0.25) is 0 Å². The van der Waals surface area contributed by atoms with Gasteiger partial charge in [0.1, 0.15) is 11.6 Å². The van der Waals surface area contributed by atoms with Crippen molar-refractivity contribution in [2.75, 3.05) is 5.32 Å². The van der Waals surface area contributed by atoms with Gasteiger partial charge in [-0.05, 0) is 30.7 Å². The van der Waals surface area contributed by atoms with Gasteiger partial charge >= 0.3 is 6.03 Å². The third-order valence-electron chi connectivity index (χ3n) is 2.50. The molecular formula is C13H13FN4O. The van der Waals surface area contributed by atoms with Crippen LogP contribution < -0.4 is 10.6 Å². The van der Waals surface area contributed by atoms with Gasteiger partial charge in [0.2, 0.25) is 0 Å². The van der Waals surface area contributed by atoms with Crippen molar-refractivity contribution in [1.29, 1.82) is 0 Å². The first-order valence-corrected chi connectivity index (χ1v) is 5.74. The summed E-state index contributed by atoms with van der Waals surface area (Å²) >= 11 is 0. The average molecular weight is 260 g/mol. The van der Waals surface area contributed by atoms with E-state index in [4.69, 9.17) is 0 Å². The van der Waals surface area contributed by atoms with Crippen LogP contribution in [0.5, 0.6) is 0 Å². The lowest BCUT2D eigenvalue weighted by molar-refractivity contribution is 0.249. The molecular weight excluding hydrogens is 247 g/mol. The normalized spacial score (nSPS) is 11.7. The Morgan fingerprint density at radius 2 is 2.16 bits per heavy atom. The van der Waals surface area contributed by atoms with E-state index in [0.29, 0.717) is 0 Å². The smallest absolute Gasteiger partial charge is 0.320 e. The lowest BCUT2D eigenvalue weighted by atomic mass is 10.1. The number of carbonyl (C=O) groups is 1. The first-order valence-electron chi connectivity index (χ1n) is 5.74. The molecule has 98 valence electrons. The minimum Gasteiger partial charge on any atom is -0.331 e. The number of rotatable bonds is 3. The zero-order valence-corrected chi connectivity index (χ0v) is 10.3. The molecule has 1 unspecified atom stereocenters. The number of anilines is 1. The van der Waals surface area contributed by atoms with Crippen LogP contribution in [0, 0.1) is 5.82 Å². The fourth-order valence-electron chi connectivity index (χ4n) is 1.51. The fraction of sp³-hybridized carbons (Fsp3) is 0.154. The first kappa shape index (κ1) is 12.9. The molecule has 2 heterocycles. The molecule has 0 aliphatic carbocycles. The van der Waals surface area contributed by atoms with Gasteiger partial charge in [-0.3, -0.25) is 10.3 Å². The summed E-state index contributed by atoms with van der Waals surface area (Å²) in [6, 6.07) is 5.70. The molecule has 6 heteroatoms. The van der Waals surface area contributed by atoms with Crippen LogP contribution in [0.4, 0.5) is 15.0 Å². The molecule has 0 saturated carbocycles. The number of hydrogen-bond donors (Lipinski definition) is 2. The Labute approximate surface area is 109 Å². The summed E-state index contributed by atoms with van der Waals surface area (Å²) in [4.78, 5) is 19.4. The number of hydrogen-bond acceptors (Lipinski definition) is 3. The molecule has 0 fully saturated rings. The average Bonchev–Trinajstić information content (AvgIpc) is 2.42. The van der Waals surface area contributed by atoms with Crippen LogP contribution in [-0.4, -0.2) is 16.0 Å². The van der Waals surface area contributed by atoms with Gasteiger partial charge in [-0.25, -0.2) is 14.2 Å². The molecule has 0 bridgehead atoms. The van der Waals surface area contributed by atoms with Crippen molar-refractivity contribution in [3.8, 4) is 0 Å². The number of pyridine rings is 2. The number of urea groups is 1. The summed E-state index contributed by atoms with van der Waals surface area (Å²) < 4.78 is 12.7. The highest BCUT2D eigenvalue weighted by Crippen LogP contribution is 2.10. The minimum absolute atomic E-state index is 0.186. The summed E-state index contributed by atoms with van der Waals surface area (Å²) in [7, 11) is 0. The van der Waals surface area contributed by atoms with E-state index in [9.17, 15) is 9.18 Å². The molecule has 0 aliphatic rings. The molecule has 0 radical (unpaired) electrons. The maximum Gasteiger partial charge on any atom is 0.320 e. The van der Waals surface area contributed by atoms with Gasteiger partial charge in [-0.1, -0.05) is 6.07 Å². The number of amides is 2. The van der Waals surface area contributed by atoms with Gasteiger partial charge in [-0.15, -0.1) is 0 Å². The number of halogens is 1. The third kappa shape index (κ3) is 3.74. The maximum absolute atomic E-state index is 12.7. The monoisotopic (exact) mass is 260 g/mol. The van der Waals surface area contributed by atoms with E-state index < -0.39 is 11.8 Å². The molecule has 2 aromatic heterocycles. The van der Waals surface area contributed by atoms with Gasteiger partial charge in [0.15, 0.2) is 0 Å². The standard InChI is InChI=1S/C13H13FN4O/c1-9(10-3-2-6-15-7-10)17-13(19)18-12-5-4-11(14)8-16-12/h2-9H,1H3,(H2,16,17,18,19). The molecule has 0 aliphatic heterocycles. The van der Waals surface area contributed by atoms with Crippen LogP contribution in [-0.2, 0) is 0 Å². The van der Waals surface area contributed by atoms with E-state index in [0.717, 1.165) is 11.8 Å². The molecule has 5 nitrogen and oxygen atoms in total. The van der Waals surface area contributed by atoms with E-state index in [1.54, 1.807) is 18.5 Å². The highest BCUT2D eigenvalue weighted by molar-refractivity contribution is 5.88. The Hall–Kier alpha value is -2.50. The zero-order valence-electron chi connectivity index (χ0n) is 10.3.